The number of hydrogen-bond acceptors (Lipinski definition) is 0. The third-order valence-electron chi connectivity index (χ3n) is 3.38. The summed E-state index contributed by atoms with van der Waals surface area (Å²) in [7, 11) is 14.8. The van der Waals surface area contributed by atoms with Gasteiger partial charge in [0.25, 0.3) is 0 Å². The molecule has 0 bridgehead atoms. The van der Waals surface area contributed by atoms with Crippen molar-refractivity contribution in [3.05, 3.63) is 33.4 Å². The van der Waals surface area contributed by atoms with Gasteiger partial charge in [-0.25, -0.2) is 0 Å². The van der Waals surface area contributed by atoms with E-state index in [-0.39, 0.29) is 0 Å². The van der Waals surface area contributed by atoms with Gasteiger partial charge < -0.3 is 0 Å². The predicted octanol–water partition coefficient (Wildman–Crippen LogP) is 5.60. The summed E-state index contributed by atoms with van der Waals surface area (Å²) in [4.78, 5) is 0. The van der Waals surface area contributed by atoms with Crippen molar-refractivity contribution in [3.8, 4) is 0 Å². The van der Waals surface area contributed by atoms with E-state index in [0.29, 0.717) is 0 Å². The van der Waals surface area contributed by atoms with Gasteiger partial charge in [0.2, 0.25) is 0 Å². The molecule has 0 aliphatic carbocycles. The Balaban J connectivity index is 0.000000487. The molecule has 0 N–H and O–H groups in total. The maximum absolute atomic E-state index is 4.95. The number of benzene rings is 1. The van der Waals surface area contributed by atoms with Gasteiger partial charge in [-0.3, -0.25) is 0 Å². The second-order valence-corrected chi connectivity index (χ2v) is 11.8. The van der Waals surface area contributed by atoms with Crippen LogP contribution in [-0.2, 0) is 13.0 Å². The van der Waals surface area contributed by atoms with Gasteiger partial charge in [-0.1, -0.05) is 0 Å². The van der Waals surface area contributed by atoms with Crippen molar-refractivity contribution < 1.29 is 13.0 Å². The van der Waals surface area contributed by atoms with Crippen LogP contribution in [0.2, 0.25) is 0 Å². The fraction of sp³-hybridized carbons (Fsp3) is 0.500. The number of halogens is 3. The SMILES string of the molecule is Cc1c(C)c(C)c(C)c(C)c1C.[Cl][Ru]([Cl])[Cl]. The predicted molar refractivity (Wildman–Crippen MR) is 72.4 cm³/mol. The summed E-state index contributed by atoms with van der Waals surface area (Å²) in [5.41, 5.74) is 8.73. The van der Waals surface area contributed by atoms with Gasteiger partial charge in [0.15, 0.2) is 0 Å². The Morgan fingerprint density at radius 1 is 0.500 bits per heavy atom. The maximum atomic E-state index is 4.95. The van der Waals surface area contributed by atoms with E-state index in [4.69, 9.17) is 29.1 Å². The molecule has 0 heterocycles. The molecule has 4 heteroatoms. The Bertz CT molecular complexity index is 265. The summed E-state index contributed by atoms with van der Waals surface area (Å²) in [5, 5.41) is 0. The molecule has 95 valence electrons. The molecule has 0 saturated heterocycles. The zero-order valence-corrected chi connectivity index (χ0v) is 14.5. The molecule has 0 aromatic heterocycles. The molecule has 0 fully saturated rings. The average Bonchev–Trinajstić information content (AvgIpc) is 2.20. The normalized spacial score (nSPS) is 10.7. The van der Waals surface area contributed by atoms with Crippen molar-refractivity contribution in [1.82, 2.24) is 0 Å². The molecule has 0 radical (unpaired) electrons. The van der Waals surface area contributed by atoms with Gasteiger partial charge >= 0.3 is 42.1 Å². The van der Waals surface area contributed by atoms with Gasteiger partial charge in [-0.2, -0.15) is 0 Å². The third kappa shape index (κ3) is 4.53. The minimum atomic E-state index is -1.75. The van der Waals surface area contributed by atoms with E-state index < -0.39 is 13.0 Å². The molecule has 1 aromatic rings. The molecule has 0 saturated carbocycles. The monoisotopic (exact) mass is 369 g/mol. The molecule has 16 heavy (non-hydrogen) atoms. The minimum absolute atomic E-state index is 1.45. The standard InChI is InChI=1S/C12H18.3ClH.Ru/c1-7-8(2)10(4)12(6)11(5)9(7)3;;;;/h1-6H3;3*1H;/q;;;;+3/p-3. The fourth-order valence-electron chi connectivity index (χ4n) is 1.69. The molecule has 0 aliphatic heterocycles. The first kappa shape index (κ1) is 16.7. The van der Waals surface area contributed by atoms with Crippen LogP contribution < -0.4 is 0 Å². The third-order valence-corrected chi connectivity index (χ3v) is 3.38. The van der Waals surface area contributed by atoms with Crippen LogP contribution in [0.5, 0.6) is 0 Å². The zero-order valence-electron chi connectivity index (χ0n) is 10.5. The Morgan fingerprint density at radius 3 is 0.625 bits per heavy atom. The van der Waals surface area contributed by atoms with Crippen LogP contribution in [0.1, 0.15) is 33.4 Å². The molecule has 0 unspecified atom stereocenters. The summed E-state index contributed by atoms with van der Waals surface area (Å²) in [6.45, 7) is 13.3. The van der Waals surface area contributed by atoms with Crippen LogP contribution in [0.3, 0.4) is 0 Å². The van der Waals surface area contributed by atoms with E-state index >= 15 is 0 Å². The summed E-state index contributed by atoms with van der Waals surface area (Å²) >= 11 is -1.75. The fourth-order valence-corrected chi connectivity index (χ4v) is 1.69. The van der Waals surface area contributed by atoms with Gasteiger partial charge in [-0.05, 0) is 74.9 Å². The quantitative estimate of drug-likeness (QED) is 0.522. The second-order valence-electron chi connectivity index (χ2n) is 3.90. The van der Waals surface area contributed by atoms with Gasteiger partial charge in [0, 0.05) is 0 Å². The first-order valence-corrected chi connectivity index (χ1v) is 11.6. The second kappa shape index (κ2) is 7.22. The van der Waals surface area contributed by atoms with Crippen LogP contribution in [0.15, 0.2) is 0 Å². The first-order valence-electron chi connectivity index (χ1n) is 4.90. The summed E-state index contributed by atoms with van der Waals surface area (Å²) < 4.78 is 0. The molecule has 1 rings (SSSR count). The topological polar surface area (TPSA) is 0 Å². The first-order chi connectivity index (χ1) is 7.20. The van der Waals surface area contributed by atoms with E-state index in [1.807, 2.05) is 0 Å². The van der Waals surface area contributed by atoms with Crippen LogP contribution >= 0.6 is 29.1 Å². The van der Waals surface area contributed by atoms with Crippen molar-refractivity contribution in [2.75, 3.05) is 0 Å². The van der Waals surface area contributed by atoms with Crippen molar-refractivity contribution in [2.45, 2.75) is 41.5 Å². The molecule has 0 nitrogen and oxygen atoms in total. The molecular weight excluding hydrogens is 352 g/mol. The molecule has 0 spiro atoms. The molecule has 0 atom stereocenters. The number of rotatable bonds is 0. The van der Waals surface area contributed by atoms with Gasteiger partial charge in [0.1, 0.15) is 0 Å². The van der Waals surface area contributed by atoms with E-state index in [1.165, 1.54) is 33.4 Å². The van der Waals surface area contributed by atoms with Gasteiger partial charge in [0.05, 0.1) is 0 Å². The Hall–Kier alpha value is 0.713. The van der Waals surface area contributed by atoms with Crippen molar-refractivity contribution in [1.29, 1.82) is 0 Å². The van der Waals surface area contributed by atoms with E-state index in [1.54, 1.807) is 0 Å². The summed E-state index contributed by atoms with van der Waals surface area (Å²) in [6, 6.07) is 0. The van der Waals surface area contributed by atoms with E-state index in [9.17, 15) is 0 Å². The van der Waals surface area contributed by atoms with Crippen LogP contribution in [-0.4, -0.2) is 0 Å². The summed E-state index contributed by atoms with van der Waals surface area (Å²) in [6.07, 6.45) is 0. The van der Waals surface area contributed by atoms with Crippen LogP contribution in [0, 0.1) is 41.5 Å². The average molecular weight is 370 g/mol. The number of hydrogen-bond donors (Lipinski definition) is 0. The van der Waals surface area contributed by atoms with Crippen molar-refractivity contribution in [2.24, 2.45) is 0 Å². The molecule has 1 aromatic carbocycles. The van der Waals surface area contributed by atoms with Crippen LogP contribution in [0.4, 0.5) is 0 Å². The Labute approximate surface area is 116 Å². The zero-order chi connectivity index (χ0) is 13.0. The Kier molecular flexibility index (Phi) is 7.54. The van der Waals surface area contributed by atoms with Gasteiger partial charge in [-0.15, -0.1) is 0 Å². The Morgan fingerprint density at radius 2 is 0.562 bits per heavy atom. The van der Waals surface area contributed by atoms with Crippen molar-refractivity contribution >= 4 is 29.1 Å². The van der Waals surface area contributed by atoms with E-state index in [2.05, 4.69) is 41.5 Å². The molecular formula is C12H18Cl3Ru. The van der Waals surface area contributed by atoms with Crippen molar-refractivity contribution in [3.63, 3.8) is 0 Å². The molecule has 0 amide bonds. The summed E-state index contributed by atoms with van der Waals surface area (Å²) in [5.74, 6) is 0. The molecule has 0 aliphatic rings. The van der Waals surface area contributed by atoms with Crippen LogP contribution in [0.25, 0.3) is 0 Å². The van der Waals surface area contributed by atoms with E-state index in [0.717, 1.165) is 0 Å².